The third kappa shape index (κ3) is 3.68. The predicted molar refractivity (Wildman–Crippen MR) is 113 cm³/mol. The van der Waals surface area contributed by atoms with Crippen LogP contribution in [0.2, 0.25) is 0 Å². The van der Waals surface area contributed by atoms with Crippen molar-refractivity contribution in [2.45, 2.75) is 6.54 Å². The molecule has 4 amide bonds. The van der Waals surface area contributed by atoms with Gasteiger partial charge in [-0.15, -0.1) is 0 Å². The molecule has 4 rings (SSSR count). The molecule has 0 atom stereocenters. The Balaban J connectivity index is 1.65. The maximum absolute atomic E-state index is 13.8. The first-order valence-corrected chi connectivity index (χ1v) is 9.65. The topological polar surface area (TPSA) is 71.8 Å². The van der Waals surface area contributed by atoms with Crippen molar-refractivity contribution in [3.63, 3.8) is 0 Å². The second kappa shape index (κ2) is 8.06. The number of carbonyl (C=O) groups excluding carboxylic acids is 3. The number of barbiturate groups is 1. The summed E-state index contributed by atoms with van der Waals surface area (Å²) >= 11 is 0. The van der Waals surface area contributed by atoms with Gasteiger partial charge in [0.05, 0.1) is 6.54 Å². The second-order valence-electron chi connectivity index (χ2n) is 7.14. The zero-order chi connectivity index (χ0) is 22.1. The number of nitrogens with zero attached hydrogens (tertiary/aromatic N) is 3. The van der Waals surface area contributed by atoms with E-state index < -0.39 is 23.7 Å². The summed E-state index contributed by atoms with van der Waals surface area (Å²) in [6.07, 6.45) is 3.31. The average molecular weight is 421 g/mol. The molecule has 0 aliphatic carbocycles. The van der Waals surface area contributed by atoms with Crippen molar-refractivity contribution in [3.05, 3.63) is 71.7 Å². The van der Waals surface area contributed by atoms with Gasteiger partial charge in [-0.05, 0) is 24.3 Å². The molecule has 0 saturated carbocycles. The lowest BCUT2D eigenvalue weighted by atomic mass is 10.1. The van der Waals surface area contributed by atoms with E-state index in [1.807, 2.05) is 28.8 Å². The van der Waals surface area contributed by atoms with Gasteiger partial charge in [0.1, 0.15) is 12.2 Å². The van der Waals surface area contributed by atoms with Crippen molar-refractivity contribution in [2.24, 2.45) is 0 Å². The summed E-state index contributed by atoms with van der Waals surface area (Å²) < 4.78 is 21.2. The number of carbonyl (C=O) groups is 3. The minimum absolute atomic E-state index is 0.0879. The molecule has 2 aromatic carbocycles. The Hall–Kier alpha value is -3.94. The zero-order valence-electron chi connectivity index (χ0n) is 17.0. The molecule has 1 aliphatic heterocycles. The lowest BCUT2D eigenvalue weighted by Crippen LogP contribution is -2.52. The highest BCUT2D eigenvalue weighted by atomic mass is 19.1. The highest BCUT2D eigenvalue weighted by Crippen LogP contribution is 2.26. The van der Waals surface area contributed by atoms with E-state index in [0.717, 1.165) is 20.7 Å². The molecule has 3 aromatic rings. The molecule has 1 aliphatic rings. The van der Waals surface area contributed by atoms with Crippen molar-refractivity contribution in [2.75, 3.05) is 20.7 Å². The average Bonchev–Trinajstić information content (AvgIpc) is 3.13. The van der Waals surface area contributed by atoms with Crippen molar-refractivity contribution in [3.8, 4) is 5.75 Å². The number of halogens is 1. The van der Waals surface area contributed by atoms with Crippen LogP contribution in [0, 0.1) is 5.82 Å². The third-order valence-electron chi connectivity index (χ3n) is 5.19. The number of fused-ring (bicyclic) bond motifs is 1. The van der Waals surface area contributed by atoms with Gasteiger partial charge in [-0.3, -0.25) is 19.4 Å². The first-order valence-electron chi connectivity index (χ1n) is 9.65. The van der Waals surface area contributed by atoms with Gasteiger partial charge < -0.3 is 9.30 Å². The number of benzene rings is 2. The smallest absolute Gasteiger partial charge is 0.333 e. The zero-order valence-corrected chi connectivity index (χ0v) is 17.0. The number of rotatable bonds is 5. The molecule has 1 fully saturated rings. The Morgan fingerprint density at radius 2 is 1.58 bits per heavy atom. The maximum Gasteiger partial charge on any atom is 0.333 e. The predicted octanol–water partition coefficient (Wildman–Crippen LogP) is 3.29. The Labute approximate surface area is 177 Å². The lowest BCUT2D eigenvalue weighted by molar-refractivity contribution is -0.134. The van der Waals surface area contributed by atoms with Gasteiger partial charge >= 0.3 is 6.03 Å². The van der Waals surface area contributed by atoms with Crippen LogP contribution in [0.3, 0.4) is 0 Å². The van der Waals surface area contributed by atoms with E-state index >= 15 is 0 Å². The van der Waals surface area contributed by atoms with Crippen LogP contribution in [0.4, 0.5) is 9.18 Å². The molecule has 0 N–H and O–H groups in total. The van der Waals surface area contributed by atoms with Crippen LogP contribution in [0.25, 0.3) is 17.0 Å². The van der Waals surface area contributed by atoms with E-state index in [0.29, 0.717) is 12.1 Å². The molecule has 7 nitrogen and oxygen atoms in total. The first-order chi connectivity index (χ1) is 14.9. The van der Waals surface area contributed by atoms with E-state index in [9.17, 15) is 18.8 Å². The van der Waals surface area contributed by atoms with Crippen LogP contribution in [-0.4, -0.2) is 52.9 Å². The molecule has 2 heterocycles. The van der Waals surface area contributed by atoms with Gasteiger partial charge in [0.25, 0.3) is 11.8 Å². The maximum atomic E-state index is 13.8. The molecule has 0 spiro atoms. The van der Waals surface area contributed by atoms with Gasteiger partial charge in [0.2, 0.25) is 0 Å². The summed E-state index contributed by atoms with van der Waals surface area (Å²) in [5.74, 6) is -1.54. The molecular formula is C23H20FN3O4. The highest BCUT2D eigenvalue weighted by Gasteiger charge is 2.37. The van der Waals surface area contributed by atoms with Crippen LogP contribution in [0.5, 0.6) is 5.75 Å². The SMILES string of the molecule is CN1C(=O)C(=Cc2cn(CCOc3ccccc3F)c3ccccc23)C(=O)N(C)C1=O. The number of hydrogen-bond acceptors (Lipinski definition) is 4. The first kappa shape index (κ1) is 20.3. The Morgan fingerprint density at radius 1 is 0.935 bits per heavy atom. The van der Waals surface area contributed by atoms with Gasteiger partial charge in [0, 0.05) is 36.8 Å². The summed E-state index contributed by atoms with van der Waals surface area (Å²) in [7, 11) is 2.68. The number of likely N-dealkylation sites (N-methyl/N-ethyl adjacent to an activating group) is 2. The van der Waals surface area contributed by atoms with Crippen molar-refractivity contribution >= 4 is 34.8 Å². The van der Waals surface area contributed by atoms with Crippen LogP contribution >= 0.6 is 0 Å². The Morgan fingerprint density at radius 3 is 2.29 bits per heavy atom. The number of amides is 4. The lowest BCUT2D eigenvalue weighted by Gasteiger charge is -2.28. The largest absolute Gasteiger partial charge is 0.489 e. The van der Waals surface area contributed by atoms with Crippen molar-refractivity contribution in [1.82, 2.24) is 14.4 Å². The fraction of sp³-hybridized carbons (Fsp3) is 0.174. The van der Waals surface area contributed by atoms with Gasteiger partial charge in [-0.2, -0.15) is 0 Å². The number of hydrogen-bond donors (Lipinski definition) is 0. The van der Waals surface area contributed by atoms with E-state index in [1.54, 1.807) is 24.4 Å². The minimum atomic E-state index is -0.667. The summed E-state index contributed by atoms with van der Waals surface area (Å²) in [5, 5.41) is 0.837. The summed E-state index contributed by atoms with van der Waals surface area (Å²) in [6.45, 7) is 0.658. The van der Waals surface area contributed by atoms with Gasteiger partial charge in [-0.25, -0.2) is 9.18 Å². The molecule has 31 heavy (non-hydrogen) atoms. The van der Waals surface area contributed by atoms with E-state index in [1.165, 1.54) is 26.2 Å². The molecule has 0 radical (unpaired) electrons. The summed E-state index contributed by atoms with van der Waals surface area (Å²) in [6, 6.07) is 13.1. The van der Waals surface area contributed by atoms with Crippen LogP contribution in [0.1, 0.15) is 5.56 Å². The third-order valence-corrected chi connectivity index (χ3v) is 5.19. The molecule has 158 valence electrons. The van der Waals surface area contributed by atoms with Crippen molar-refractivity contribution in [1.29, 1.82) is 0 Å². The highest BCUT2D eigenvalue weighted by molar-refractivity contribution is 6.31. The van der Waals surface area contributed by atoms with Crippen LogP contribution in [0.15, 0.2) is 60.3 Å². The minimum Gasteiger partial charge on any atom is -0.489 e. The molecular weight excluding hydrogens is 401 g/mol. The number of ether oxygens (including phenoxy) is 1. The van der Waals surface area contributed by atoms with Crippen molar-refractivity contribution < 1.29 is 23.5 Å². The quantitative estimate of drug-likeness (QED) is 0.468. The molecule has 1 aromatic heterocycles. The monoisotopic (exact) mass is 421 g/mol. The van der Waals surface area contributed by atoms with Gasteiger partial charge in [0.15, 0.2) is 11.6 Å². The van der Waals surface area contributed by atoms with Crippen LogP contribution < -0.4 is 4.74 Å². The fourth-order valence-corrected chi connectivity index (χ4v) is 3.52. The molecule has 0 bridgehead atoms. The normalized spacial score (nSPS) is 14.5. The van der Waals surface area contributed by atoms with Crippen LogP contribution in [-0.2, 0) is 16.1 Å². The standard InChI is InChI=1S/C23H20FN3O4/c1-25-21(28)17(22(29)26(2)23(25)30)13-15-14-27(19-9-5-3-7-16(15)19)11-12-31-20-10-6-4-8-18(20)24/h3-10,13-14H,11-12H2,1-2H3. The number of para-hydroxylation sites is 2. The molecule has 0 unspecified atom stereocenters. The molecule has 1 saturated heterocycles. The number of imide groups is 2. The number of aromatic nitrogens is 1. The fourth-order valence-electron chi connectivity index (χ4n) is 3.52. The van der Waals surface area contributed by atoms with E-state index in [-0.39, 0.29) is 17.9 Å². The van der Waals surface area contributed by atoms with Gasteiger partial charge in [-0.1, -0.05) is 30.3 Å². The summed E-state index contributed by atoms with van der Waals surface area (Å²) in [5.41, 5.74) is 1.45. The Kier molecular flexibility index (Phi) is 5.29. The Bertz CT molecular complexity index is 1200. The number of urea groups is 1. The summed E-state index contributed by atoms with van der Waals surface area (Å²) in [4.78, 5) is 38.8. The second-order valence-corrected chi connectivity index (χ2v) is 7.14. The van der Waals surface area contributed by atoms with E-state index in [4.69, 9.17) is 4.74 Å². The van der Waals surface area contributed by atoms with E-state index in [2.05, 4.69) is 0 Å². The molecule has 8 heteroatoms.